The first-order valence-corrected chi connectivity index (χ1v) is 6.50. The highest BCUT2D eigenvalue weighted by molar-refractivity contribution is 5.83. The van der Waals surface area contributed by atoms with Gasteiger partial charge < -0.3 is 10.2 Å². The lowest BCUT2D eigenvalue weighted by atomic mass is 10.1. The maximum atomic E-state index is 12.4. The third-order valence-electron chi connectivity index (χ3n) is 3.29. The van der Waals surface area contributed by atoms with Gasteiger partial charge >= 0.3 is 0 Å². The smallest absolute Gasteiger partial charge is 0.260 e. The summed E-state index contributed by atoms with van der Waals surface area (Å²) < 4.78 is 7.01. The predicted octanol–water partition coefficient (Wildman–Crippen LogP) is 2.18. The molecule has 2 N–H and O–H groups in total. The monoisotopic (exact) mass is 269 g/mol. The second-order valence-electron chi connectivity index (χ2n) is 4.62. The summed E-state index contributed by atoms with van der Waals surface area (Å²) in [4.78, 5) is 16.6. The van der Waals surface area contributed by atoms with Crippen LogP contribution in [0.1, 0.15) is 18.6 Å². The molecule has 3 aromatic rings. The first-order chi connectivity index (χ1) is 9.69. The average Bonchev–Trinajstić information content (AvgIpc) is 2.91. The minimum atomic E-state index is -0.128. The van der Waals surface area contributed by atoms with Gasteiger partial charge in [0.15, 0.2) is 0 Å². The molecule has 0 saturated heterocycles. The molecule has 5 heteroatoms. The standard InChI is InChI=1S/C15H15N3O2/c1-2-11-8-17-14(20-11)9-18-13(16)7-10-5-3-4-6-12(10)15(18)19/h3-8H,2,9,16H2,1H3. The molecule has 0 atom stereocenters. The summed E-state index contributed by atoms with van der Waals surface area (Å²) in [6.45, 7) is 2.23. The van der Waals surface area contributed by atoms with E-state index in [4.69, 9.17) is 10.2 Å². The number of nitrogen functional groups attached to an aromatic ring is 1. The van der Waals surface area contributed by atoms with Crippen LogP contribution in [-0.4, -0.2) is 9.55 Å². The van der Waals surface area contributed by atoms with E-state index < -0.39 is 0 Å². The lowest BCUT2D eigenvalue weighted by Gasteiger charge is -2.09. The molecule has 0 unspecified atom stereocenters. The number of pyridine rings is 1. The second-order valence-corrected chi connectivity index (χ2v) is 4.62. The summed E-state index contributed by atoms with van der Waals surface area (Å²) in [5, 5.41) is 1.48. The number of hydrogen-bond acceptors (Lipinski definition) is 4. The first kappa shape index (κ1) is 12.5. The molecule has 0 amide bonds. The van der Waals surface area contributed by atoms with Crippen LogP contribution in [0.2, 0.25) is 0 Å². The fourth-order valence-corrected chi connectivity index (χ4v) is 2.20. The van der Waals surface area contributed by atoms with Gasteiger partial charge in [0.05, 0.1) is 6.20 Å². The van der Waals surface area contributed by atoms with E-state index in [0.29, 0.717) is 17.1 Å². The SMILES string of the molecule is CCc1cnc(Cn2c(N)cc3ccccc3c2=O)o1. The van der Waals surface area contributed by atoms with Crippen LogP contribution in [0.3, 0.4) is 0 Å². The predicted molar refractivity (Wildman–Crippen MR) is 77.6 cm³/mol. The number of benzene rings is 1. The van der Waals surface area contributed by atoms with Crippen LogP contribution in [0.15, 0.2) is 45.7 Å². The number of nitrogens with two attached hydrogens (primary N) is 1. The third kappa shape index (κ3) is 2.07. The van der Waals surface area contributed by atoms with Crippen molar-refractivity contribution >= 4 is 16.6 Å². The number of fused-ring (bicyclic) bond motifs is 1. The molecule has 1 aromatic carbocycles. The van der Waals surface area contributed by atoms with Crippen molar-refractivity contribution < 1.29 is 4.42 Å². The van der Waals surface area contributed by atoms with Crippen molar-refractivity contribution in [2.24, 2.45) is 0 Å². The summed E-state index contributed by atoms with van der Waals surface area (Å²) in [7, 11) is 0. The Kier molecular flexibility index (Phi) is 3.02. The van der Waals surface area contributed by atoms with Crippen LogP contribution in [0.25, 0.3) is 10.8 Å². The number of anilines is 1. The zero-order valence-electron chi connectivity index (χ0n) is 11.2. The highest BCUT2D eigenvalue weighted by atomic mass is 16.4. The Bertz CT molecular complexity index is 817. The zero-order valence-corrected chi connectivity index (χ0v) is 11.2. The van der Waals surface area contributed by atoms with E-state index in [1.165, 1.54) is 4.57 Å². The van der Waals surface area contributed by atoms with Crippen molar-refractivity contribution in [3.05, 3.63) is 58.5 Å². The summed E-state index contributed by atoms with van der Waals surface area (Å²) in [5.74, 6) is 1.70. The van der Waals surface area contributed by atoms with Crippen molar-refractivity contribution in [2.75, 3.05) is 5.73 Å². The summed E-state index contributed by atoms with van der Waals surface area (Å²) >= 11 is 0. The zero-order chi connectivity index (χ0) is 14.1. The number of aryl methyl sites for hydroxylation is 1. The molecular weight excluding hydrogens is 254 g/mol. The molecule has 5 nitrogen and oxygen atoms in total. The number of rotatable bonds is 3. The highest BCUT2D eigenvalue weighted by Gasteiger charge is 2.10. The van der Waals surface area contributed by atoms with E-state index in [1.54, 1.807) is 18.3 Å². The Balaban J connectivity index is 2.09. The molecule has 0 fully saturated rings. The Morgan fingerprint density at radius 2 is 2.15 bits per heavy atom. The largest absolute Gasteiger partial charge is 0.444 e. The maximum absolute atomic E-state index is 12.4. The molecule has 20 heavy (non-hydrogen) atoms. The van der Waals surface area contributed by atoms with Crippen molar-refractivity contribution in [2.45, 2.75) is 19.9 Å². The van der Waals surface area contributed by atoms with Gasteiger partial charge in [0.25, 0.3) is 5.56 Å². The van der Waals surface area contributed by atoms with E-state index in [9.17, 15) is 4.79 Å². The Morgan fingerprint density at radius 3 is 2.90 bits per heavy atom. The van der Waals surface area contributed by atoms with Crippen molar-refractivity contribution in [3.8, 4) is 0 Å². The summed E-state index contributed by atoms with van der Waals surface area (Å²) in [6.07, 6.45) is 2.45. The van der Waals surface area contributed by atoms with Crippen molar-refractivity contribution in [1.82, 2.24) is 9.55 Å². The van der Waals surface area contributed by atoms with Gasteiger partial charge in [0.2, 0.25) is 5.89 Å². The van der Waals surface area contributed by atoms with Crippen LogP contribution in [0.4, 0.5) is 5.82 Å². The Morgan fingerprint density at radius 1 is 1.35 bits per heavy atom. The van der Waals surface area contributed by atoms with Gasteiger partial charge in [0, 0.05) is 11.8 Å². The van der Waals surface area contributed by atoms with E-state index in [1.807, 2.05) is 25.1 Å². The normalized spacial score (nSPS) is 11.1. The lowest BCUT2D eigenvalue weighted by Crippen LogP contribution is -2.23. The average molecular weight is 269 g/mol. The second kappa shape index (κ2) is 4.85. The van der Waals surface area contributed by atoms with Crippen LogP contribution in [0, 0.1) is 0 Å². The molecule has 0 aliphatic heterocycles. The minimum absolute atomic E-state index is 0.128. The van der Waals surface area contributed by atoms with Crippen molar-refractivity contribution in [1.29, 1.82) is 0 Å². The van der Waals surface area contributed by atoms with E-state index in [2.05, 4.69) is 4.98 Å². The van der Waals surface area contributed by atoms with Gasteiger partial charge in [-0.1, -0.05) is 25.1 Å². The molecule has 0 spiro atoms. The molecule has 0 bridgehead atoms. The van der Waals surface area contributed by atoms with Gasteiger partial charge in [-0.25, -0.2) is 4.98 Å². The molecule has 0 aliphatic rings. The minimum Gasteiger partial charge on any atom is -0.444 e. The molecule has 3 rings (SSSR count). The quantitative estimate of drug-likeness (QED) is 0.791. The molecule has 0 aliphatic carbocycles. The molecular formula is C15H15N3O2. The van der Waals surface area contributed by atoms with Gasteiger partial charge in [-0.3, -0.25) is 9.36 Å². The van der Waals surface area contributed by atoms with Crippen LogP contribution >= 0.6 is 0 Å². The summed E-state index contributed by atoms with van der Waals surface area (Å²) in [5.41, 5.74) is 5.84. The van der Waals surface area contributed by atoms with Crippen LogP contribution in [0.5, 0.6) is 0 Å². The number of aromatic nitrogens is 2. The highest BCUT2D eigenvalue weighted by Crippen LogP contribution is 2.14. The van der Waals surface area contributed by atoms with Crippen LogP contribution in [-0.2, 0) is 13.0 Å². The van der Waals surface area contributed by atoms with E-state index in [0.717, 1.165) is 17.6 Å². The van der Waals surface area contributed by atoms with E-state index in [-0.39, 0.29) is 12.1 Å². The maximum Gasteiger partial charge on any atom is 0.260 e. The fraction of sp³-hybridized carbons (Fsp3) is 0.200. The molecule has 102 valence electrons. The topological polar surface area (TPSA) is 74.1 Å². The lowest BCUT2D eigenvalue weighted by molar-refractivity contribution is 0.445. The Hall–Kier alpha value is -2.56. The first-order valence-electron chi connectivity index (χ1n) is 6.50. The third-order valence-corrected chi connectivity index (χ3v) is 3.29. The van der Waals surface area contributed by atoms with Gasteiger partial charge in [0.1, 0.15) is 18.1 Å². The number of hydrogen-bond donors (Lipinski definition) is 1. The molecule has 0 radical (unpaired) electrons. The number of nitrogens with zero attached hydrogens (tertiary/aromatic N) is 2. The van der Waals surface area contributed by atoms with Gasteiger partial charge in [-0.05, 0) is 17.5 Å². The van der Waals surface area contributed by atoms with Gasteiger partial charge in [-0.2, -0.15) is 0 Å². The molecule has 2 heterocycles. The number of oxazole rings is 1. The van der Waals surface area contributed by atoms with Gasteiger partial charge in [-0.15, -0.1) is 0 Å². The summed E-state index contributed by atoms with van der Waals surface area (Å²) in [6, 6.07) is 9.18. The van der Waals surface area contributed by atoms with Crippen LogP contribution < -0.4 is 11.3 Å². The molecule has 2 aromatic heterocycles. The van der Waals surface area contributed by atoms with E-state index >= 15 is 0 Å². The fourth-order valence-electron chi connectivity index (χ4n) is 2.20. The molecule has 0 saturated carbocycles. The Labute approximate surface area is 115 Å². The van der Waals surface area contributed by atoms with Crippen molar-refractivity contribution in [3.63, 3.8) is 0 Å².